The molecule has 125 heavy (non-hydrogen) atoms. The fourth-order valence-electron chi connectivity index (χ4n) is 13.1. The SMILES string of the molecule is CC/C=C\C/C=C\C/C=C\C/C=C\C/C=C\C/C=C\CCCCCCCCCCCCCCC(=O)OCC(COP(=O)(O)OCC(O)COP(=O)(O)OCC(O)COC(=O)CCCCCCCCCCCCCCCCCCC/C=C\C/C=C\C/C=C\C/C=C\C/C=C\CC)OC(=O)CCCCCCCC/C=C\C/C=C\C/C=C\C/C=C\C/C=C\C/C=C\CC. The number of aliphatic hydroxyl groups is 2. The van der Waals surface area contributed by atoms with E-state index in [4.69, 9.17) is 32.3 Å². The quantitative estimate of drug-likeness (QED) is 0.0146. The molecule has 0 aromatic rings. The van der Waals surface area contributed by atoms with Crippen LogP contribution >= 0.6 is 15.6 Å². The Hall–Kier alpha value is -5.87. The summed E-state index contributed by atoms with van der Waals surface area (Å²) >= 11 is 0. The van der Waals surface area contributed by atoms with Crippen molar-refractivity contribution in [2.24, 2.45) is 0 Å². The van der Waals surface area contributed by atoms with E-state index in [1.807, 2.05) is 0 Å². The van der Waals surface area contributed by atoms with Gasteiger partial charge in [0.15, 0.2) is 6.10 Å². The van der Waals surface area contributed by atoms with Crippen molar-refractivity contribution in [1.82, 2.24) is 0 Å². The summed E-state index contributed by atoms with van der Waals surface area (Å²) < 4.78 is 61.6. The van der Waals surface area contributed by atoms with Crippen LogP contribution in [-0.2, 0) is 55.8 Å². The van der Waals surface area contributed by atoms with Gasteiger partial charge in [-0.25, -0.2) is 9.13 Å². The standard InChI is InChI=1S/C107H178O16P2/c1-4-7-10-13-16-19-22-25-28-31-34-37-40-43-45-47-49-50-52-54-55-58-60-63-66-69-72-75-78-81-84-87-90-93-105(110)117-96-102(108)97-119-124(113,114)120-98-103(109)99-121-125(115,116)122-101-104(123-107(112)95-92-89-86-83-80-77-74-71-68-65-62-57-42-39-36-33-30-27-24-21-18-15-12-9-6-3)100-118-106(111)94-91-88-85-82-79-76-73-70-67-64-61-59-56-53-51-48-46-44-41-38-35-32-29-26-23-20-17-14-11-8-5-2/h7-12,16-21,25-30,34-39,43-46,51,53,57,62,68,71,102-104,108-109H,4-6,13-15,22-24,31-33,40-42,47-50,52,54-56,58-61,63-67,69-70,72-101H2,1-3H3,(H,113,114)(H,115,116)/b10-7-,11-8-,12-9-,19-16-,20-17-,21-18-,28-25-,29-26-,30-27-,37-34-,38-35-,39-36-,45-43-,46-44-,53-51-,62-57-,71-68-. The van der Waals surface area contributed by atoms with Gasteiger partial charge in [0.05, 0.1) is 26.4 Å². The summed E-state index contributed by atoms with van der Waals surface area (Å²) in [5.74, 6) is -1.59. The van der Waals surface area contributed by atoms with Gasteiger partial charge < -0.3 is 34.2 Å². The first-order valence-corrected chi connectivity index (χ1v) is 52.4. The third-order valence-electron chi connectivity index (χ3n) is 20.5. The van der Waals surface area contributed by atoms with E-state index in [0.29, 0.717) is 19.3 Å². The molecule has 0 heterocycles. The molecule has 5 unspecified atom stereocenters. The molecule has 0 amide bonds. The Morgan fingerprint density at radius 3 is 0.632 bits per heavy atom. The molecule has 0 aromatic carbocycles. The zero-order valence-corrected chi connectivity index (χ0v) is 80.5. The number of ether oxygens (including phenoxy) is 3. The van der Waals surface area contributed by atoms with E-state index in [-0.39, 0.29) is 19.3 Å². The molecule has 4 N–H and O–H groups in total. The lowest BCUT2D eigenvalue weighted by atomic mass is 10.0. The number of carbonyl (C=O) groups is 3. The van der Waals surface area contributed by atoms with Crippen LogP contribution in [0.4, 0.5) is 0 Å². The van der Waals surface area contributed by atoms with Crippen molar-refractivity contribution < 1.29 is 75.8 Å². The predicted octanol–water partition coefficient (Wildman–Crippen LogP) is 31.1. The number of hydrogen-bond acceptors (Lipinski definition) is 14. The minimum Gasteiger partial charge on any atom is -0.463 e. The van der Waals surface area contributed by atoms with Crippen molar-refractivity contribution in [3.63, 3.8) is 0 Å². The summed E-state index contributed by atoms with van der Waals surface area (Å²) in [6.45, 7) is 2.36. The Balaban J connectivity index is 4.63. The van der Waals surface area contributed by atoms with E-state index >= 15 is 0 Å². The molecular formula is C107H178O16P2. The number of hydrogen-bond donors (Lipinski definition) is 4. The highest BCUT2D eigenvalue weighted by Crippen LogP contribution is 2.45. The number of aliphatic hydroxyl groups excluding tert-OH is 2. The Labute approximate surface area is 762 Å². The third kappa shape index (κ3) is 98.6. The van der Waals surface area contributed by atoms with Crippen molar-refractivity contribution in [2.45, 2.75) is 411 Å². The average Bonchev–Trinajstić information content (AvgIpc) is 0.899. The molecule has 0 aliphatic heterocycles. The van der Waals surface area contributed by atoms with Gasteiger partial charge in [-0.05, 0) is 167 Å². The zero-order chi connectivity index (χ0) is 90.7. The first kappa shape index (κ1) is 119. The molecule has 5 atom stereocenters. The fourth-order valence-corrected chi connectivity index (χ4v) is 14.7. The lowest BCUT2D eigenvalue weighted by molar-refractivity contribution is -0.161. The largest absolute Gasteiger partial charge is 0.472 e. The van der Waals surface area contributed by atoms with Crippen LogP contribution in [0.25, 0.3) is 0 Å². The number of phosphoric acid groups is 2. The van der Waals surface area contributed by atoms with E-state index < -0.39 is 91.5 Å². The number of rotatable bonds is 92. The van der Waals surface area contributed by atoms with Gasteiger partial charge in [0.25, 0.3) is 0 Å². The van der Waals surface area contributed by atoms with Gasteiger partial charge in [0, 0.05) is 19.3 Å². The van der Waals surface area contributed by atoms with Crippen molar-refractivity contribution in [1.29, 1.82) is 0 Å². The zero-order valence-electron chi connectivity index (χ0n) is 78.7. The van der Waals surface area contributed by atoms with Gasteiger partial charge in [-0.15, -0.1) is 0 Å². The number of esters is 3. The predicted molar refractivity (Wildman–Crippen MR) is 527 cm³/mol. The van der Waals surface area contributed by atoms with E-state index in [1.54, 1.807) is 0 Å². The van der Waals surface area contributed by atoms with Crippen LogP contribution in [0.15, 0.2) is 207 Å². The van der Waals surface area contributed by atoms with Gasteiger partial charge in [0.2, 0.25) is 0 Å². The van der Waals surface area contributed by atoms with Gasteiger partial charge in [-0.1, -0.05) is 414 Å². The molecule has 0 aromatic heterocycles. The smallest absolute Gasteiger partial charge is 0.463 e. The number of unbranched alkanes of at least 4 members (excludes halogenated alkanes) is 35. The summed E-state index contributed by atoms with van der Waals surface area (Å²) in [6.07, 6.45) is 132. The van der Waals surface area contributed by atoms with Crippen LogP contribution in [0, 0.1) is 0 Å². The second kappa shape index (κ2) is 97.2. The summed E-state index contributed by atoms with van der Waals surface area (Å²) in [4.78, 5) is 59.2. The summed E-state index contributed by atoms with van der Waals surface area (Å²) in [5.41, 5.74) is 0. The highest BCUT2D eigenvalue weighted by Gasteiger charge is 2.30. The van der Waals surface area contributed by atoms with E-state index in [0.717, 1.165) is 199 Å². The molecule has 712 valence electrons. The van der Waals surface area contributed by atoms with Gasteiger partial charge in [0.1, 0.15) is 25.4 Å². The number of carbonyl (C=O) groups excluding carboxylic acids is 3. The lowest BCUT2D eigenvalue weighted by Crippen LogP contribution is -2.30. The Morgan fingerprint density at radius 1 is 0.224 bits per heavy atom. The normalized spacial score (nSPS) is 14.6. The molecule has 16 nitrogen and oxygen atoms in total. The molecule has 0 aliphatic rings. The van der Waals surface area contributed by atoms with Crippen LogP contribution in [-0.4, -0.2) is 95.9 Å². The second-order valence-corrected chi connectivity index (χ2v) is 35.3. The molecule has 0 spiro atoms. The summed E-state index contributed by atoms with van der Waals surface area (Å²) in [5, 5.41) is 20.8. The number of allylic oxidation sites excluding steroid dienone is 34. The molecule has 0 saturated carbocycles. The summed E-state index contributed by atoms with van der Waals surface area (Å²) in [6, 6.07) is 0. The average molecular weight is 1780 g/mol. The molecule has 0 radical (unpaired) electrons. The third-order valence-corrected chi connectivity index (χ3v) is 22.4. The Morgan fingerprint density at radius 2 is 0.400 bits per heavy atom. The van der Waals surface area contributed by atoms with Crippen LogP contribution in [0.3, 0.4) is 0 Å². The Bertz CT molecular complexity index is 3100. The molecule has 0 rings (SSSR count). The van der Waals surface area contributed by atoms with E-state index in [9.17, 15) is 43.5 Å². The maximum atomic E-state index is 13.1. The first-order chi connectivity index (χ1) is 61.2. The maximum Gasteiger partial charge on any atom is 0.472 e. The Kier molecular flexibility index (Phi) is 92.6. The van der Waals surface area contributed by atoms with Crippen molar-refractivity contribution in [3.8, 4) is 0 Å². The first-order valence-electron chi connectivity index (χ1n) is 49.4. The van der Waals surface area contributed by atoms with Crippen LogP contribution in [0.2, 0.25) is 0 Å². The van der Waals surface area contributed by atoms with Crippen LogP contribution in [0.1, 0.15) is 393 Å². The number of phosphoric ester groups is 2. The second-order valence-electron chi connectivity index (χ2n) is 32.4. The minimum atomic E-state index is -4.96. The van der Waals surface area contributed by atoms with Crippen molar-refractivity contribution in [2.75, 3.05) is 39.6 Å². The molecule has 18 heteroatoms. The van der Waals surface area contributed by atoms with Gasteiger partial charge >= 0.3 is 33.6 Å². The van der Waals surface area contributed by atoms with Crippen molar-refractivity contribution >= 4 is 33.6 Å². The topological polar surface area (TPSA) is 231 Å². The molecule has 0 aliphatic carbocycles. The van der Waals surface area contributed by atoms with E-state index in [2.05, 4.69) is 227 Å². The molecule has 0 saturated heterocycles. The van der Waals surface area contributed by atoms with Crippen molar-refractivity contribution in [3.05, 3.63) is 207 Å². The fraction of sp³-hybridized carbons (Fsp3) is 0.654. The summed E-state index contributed by atoms with van der Waals surface area (Å²) in [7, 11) is -9.83. The highest BCUT2D eigenvalue weighted by molar-refractivity contribution is 7.47. The molecule has 0 bridgehead atoms. The lowest BCUT2D eigenvalue weighted by Gasteiger charge is -2.21. The van der Waals surface area contributed by atoms with Crippen LogP contribution in [0.5, 0.6) is 0 Å². The molecule has 0 fully saturated rings. The van der Waals surface area contributed by atoms with Gasteiger partial charge in [-0.3, -0.25) is 32.5 Å². The van der Waals surface area contributed by atoms with Crippen LogP contribution < -0.4 is 0 Å². The highest BCUT2D eigenvalue weighted by atomic mass is 31.2. The monoisotopic (exact) mass is 1780 g/mol. The molecular weight excluding hydrogens is 1600 g/mol. The maximum absolute atomic E-state index is 13.1. The van der Waals surface area contributed by atoms with E-state index in [1.165, 1.54) is 135 Å². The van der Waals surface area contributed by atoms with Gasteiger partial charge in [-0.2, -0.15) is 0 Å². The minimum absolute atomic E-state index is 0.0803.